The number of allylic oxidation sites excluding steroid dienone is 2. The Morgan fingerprint density at radius 1 is 1.18 bits per heavy atom. The first kappa shape index (κ1) is 18.2. The van der Waals surface area contributed by atoms with Gasteiger partial charge < -0.3 is 9.74 Å². The van der Waals surface area contributed by atoms with Gasteiger partial charge in [-0.2, -0.15) is 0 Å². The van der Waals surface area contributed by atoms with Gasteiger partial charge in [0.25, 0.3) is 0 Å². The van der Waals surface area contributed by atoms with Gasteiger partial charge >= 0.3 is 0 Å². The van der Waals surface area contributed by atoms with Gasteiger partial charge in [-0.1, -0.05) is 43.9 Å². The molecule has 2 aliphatic rings. The van der Waals surface area contributed by atoms with Gasteiger partial charge in [0.1, 0.15) is 13.7 Å². The van der Waals surface area contributed by atoms with E-state index in [-0.39, 0.29) is 11.6 Å². The van der Waals surface area contributed by atoms with Crippen molar-refractivity contribution in [2.45, 2.75) is 84.7 Å². The third-order valence-electron chi connectivity index (χ3n) is 5.35. The van der Waals surface area contributed by atoms with Crippen molar-refractivity contribution in [1.82, 2.24) is 5.32 Å². The van der Waals surface area contributed by atoms with E-state index in [0.717, 1.165) is 0 Å². The first-order chi connectivity index (χ1) is 9.73. The lowest BCUT2D eigenvalue weighted by molar-refractivity contribution is 0.259. The molecule has 22 heavy (non-hydrogen) atoms. The molecular weight excluding hydrogens is 318 g/mol. The van der Waals surface area contributed by atoms with Crippen LogP contribution in [0.1, 0.15) is 27.7 Å². The van der Waals surface area contributed by atoms with E-state index in [1.165, 1.54) is 11.7 Å². The molecule has 1 fully saturated rings. The molecule has 0 spiro atoms. The molecule has 2 nitrogen and oxygen atoms in total. The lowest BCUT2D eigenvalue weighted by Crippen LogP contribution is -2.49. The van der Waals surface area contributed by atoms with Crippen LogP contribution >= 0.6 is 0 Å². The fourth-order valence-corrected chi connectivity index (χ4v) is 17.3. The van der Waals surface area contributed by atoms with E-state index in [2.05, 4.69) is 78.4 Å². The highest BCUT2D eigenvalue weighted by Gasteiger charge is 2.66. The van der Waals surface area contributed by atoms with Gasteiger partial charge in [-0.05, 0) is 45.6 Å². The Labute approximate surface area is 140 Å². The van der Waals surface area contributed by atoms with Crippen molar-refractivity contribution >= 4 is 23.5 Å². The number of rotatable bonds is 5. The lowest BCUT2D eigenvalue weighted by atomic mass is 10.1. The number of hydrogen-bond acceptors (Lipinski definition) is 2. The van der Waals surface area contributed by atoms with Crippen LogP contribution in [0.3, 0.4) is 0 Å². The average Bonchev–Trinajstić information content (AvgIpc) is 2.73. The van der Waals surface area contributed by atoms with Crippen LogP contribution in [-0.4, -0.2) is 35.1 Å². The maximum atomic E-state index is 6.48. The molecule has 0 aromatic carbocycles. The molecule has 0 amide bonds. The molecule has 1 saturated heterocycles. The molecule has 1 aliphatic carbocycles. The van der Waals surface area contributed by atoms with E-state index in [4.69, 9.17) is 4.43 Å². The van der Waals surface area contributed by atoms with Gasteiger partial charge in [0.05, 0.1) is 7.59 Å². The summed E-state index contributed by atoms with van der Waals surface area (Å²) in [7, 11) is -3.99. The molecule has 0 bridgehead atoms. The summed E-state index contributed by atoms with van der Waals surface area (Å²) < 4.78 is 6.48. The van der Waals surface area contributed by atoms with E-state index in [1.54, 1.807) is 10.4 Å². The van der Waals surface area contributed by atoms with E-state index in [1.807, 2.05) is 0 Å². The summed E-state index contributed by atoms with van der Waals surface area (Å²) in [5.41, 5.74) is 1.52. The molecule has 2 atom stereocenters. The summed E-state index contributed by atoms with van der Waals surface area (Å²) in [4.78, 5) is 0. The molecule has 126 valence electrons. The summed E-state index contributed by atoms with van der Waals surface area (Å²) in [6.45, 7) is 23.8. The van der Waals surface area contributed by atoms with Crippen LogP contribution in [0.25, 0.3) is 0 Å². The third-order valence-corrected chi connectivity index (χ3v) is 24.3. The van der Waals surface area contributed by atoms with Crippen molar-refractivity contribution in [3.05, 3.63) is 22.2 Å². The Balaban J connectivity index is 2.38. The maximum Gasteiger partial charge on any atom is 0.185 e. The van der Waals surface area contributed by atoms with Crippen LogP contribution in [0, 0.1) is 0 Å². The smallest absolute Gasteiger partial charge is 0.185 e. The van der Waals surface area contributed by atoms with Gasteiger partial charge in [0, 0.05) is 11.2 Å². The van der Waals surface area contributed by atoms with E-state index in [9.17, 15) is 0 Å². The van der Waals surface area contributed by atoms with Crippen molar-refractivity contribution in [3.63, 3.8) is 0 Å². The summed E-state index contributed by atoms with van der Waals surface area (Å²) >= 11 is 0. The lowest BCUT2D eigenvalue weighted by Gasteiger charge is -2.34. The zero-order valence-electron chi connectivity index (χ0n) is 16.3. The van der Waals surface area contributed by atoms with Crippen LogP contribution in [0.5, 0.6) is 0 Å². The summed E-state index contributed by atoms with van der Waals surface area (Å²) in [5.74, 6) is 0. The zero-order valence-corrected chi connectivity index (χ0v) is 19.3. The van der Waals surface area contributed by atoms with Crippen molar-refractivity contribution < 1.29 is 4.43 Å². The summed E-state index contributed by atoms with van der Waals surface area (Å²) in [5, 5.41) is 7.26. The number of nitrogens with one attached hydrogen (secondary N) is 1. The number of fused-ring (bicyclic) bond motifs is 1. The first-order valence-corrected chi connectivity index (χ1v) is 18.8. The third kappa shape index (κ3) is 3.09. The molecule has 2 unspecified atom stereocenters. The van der Waals surface area contributed by atoms with Crippen molar-refractivity contribution in [2.75, 3.05) is 0 Å². The van der Waals surface area contributed by atoms with Crippen molar-refractivity contribution in [3.8, 4) is 0 Å². The van der Waals surface area contributed by atoms with E-state index >= 15 is 0 Å². The molecule has 0 aromatic rings. The van der Waals surface area contributed by atoms with Crippen molar-refractivity contribution in [1.29, 1.82) is 0 Å². The van der Waals surface area contributed by atoms with Crippen LogP contribution < -0.4 is 5.32 Å². The van der Waals surface area contributed by atoms with Crippen molar-refractivity contribution in [2.24, 2.45) is 0 Å². The molecule has 5 heteroatoms. The molecule has 1 N–H and O–H groups in total. The van der Waals surface area contributed by atoms with Crippen LogP contribution in [-0.2, 0) is 4.43 Å². The molecule has 1 heterocycles. The summed E-state index contributed by atoms with van der Waals surface area (Å²) in [6, 6.07) is 1.39. The van der Waals surface area contributed by atoms with E-state index < -0.39 is 23.5 Å². The highest BCUT2D eigenvalue weighted by atomic mass is 29.3. The Bertz CT molecular complexity index is 537. The largest absolute Gasteiger partial charge is 0.406 e. The van der Waals surface area contributed by atoms with E-state index in [0.29, 0.717) is 0 Å². The normalized spacial score (nSPS) is 28.6. The Kier molecular flexibility index (Phi) is 4.30. The van der Waals surface area contributed by atoms with Gasteiger partial charge in [0.15, 0.2) is 8.32 Å². The minimum Gasteiger partial charge on any atom is -0.406 e. The molecular formula is C17H35NOSi3. The minimum absolute atomic E-state index is 0.0997. The summed E-state index contributed by atoms with van der Waals surface area (Å²) in [6.07, 6.45) is 2.68. The molecule has 1 aliphatic heterocycles. The van der Waals surface area contributed by atoms with Crippen LogP contribution in [0.4, 0.5) is 0 Å². The molecule has 0 saturated carbocycles. The fraction of sp³-hybridized carbons (Fsp3) is 0.765. The Morgan fingerprint density at radius 2 is 1.73 bits per heavy atom. The highest BCUT2D eigenvalue weighted by Crippen LogP contribution is 2.58. The Hall–Kier alpha value is -0.109. The average molecular weight is 354 g/mol. The Morgan fingerprint density at radius 3 is 2.14 bits per heavy atom. The zero-order chi connectivity index (χ0) is 17.1. The van der Waals surface area contributed by atoms with Gasteiger partial charge in [0.2, 0.25) is 0 Å². The molecule has 0 radical (unpaired) electrons. The second kappa shape index (κ2) is 5.19. The SMILES string of the molecule is CC[Si](C)(C)[Si]1(C)C2=CC(O[Si](C)(C)C)C(NC(C)(C)C)=C21. The highest BCUT2D eigenvalue weighted by molar-refractivity contribution is 7.53. The molecule has 2 rings (SSSR count). The minimum atomic E-state index is -1.54. The van der Waals surface area contributed by atoms with Crippen LogP contribution in [0.2, 0.25) is 45.3 Å². The fourth-order valence-electron chi connectivity index (χ4n) is 3.51. The monoisotopic (exact) mass is 353 g/mol. The predicted molar refractivity (Wildman–Crippen MR) is 106 cm³/mol. The number of hydrogen-bond donors (Lipinski definition) is 1. The van der Waals surface area contributed by atoms with Gasteiger partial charge in [-0.15, -0.1) is 0 Å². The topological polar surface area (TPSA) is 21.3 Å². The molecule has 0 aromatic heterocycles. The quantitative estimate of drug-likeness (QED) is 0.719. The second-order valence-electron chi connectivity index (χ2n) is 9.76. The standard InChI is InChI=1S/C17H35NOSi3/c1-11-21(8,9)22(10)14-12-13(19-20(5,6)7)15(16(14)22)18-17(2,3)4/h12-13,18H,11H2,1-10H3. The van der Waals surface area contributed by atoms with Crippen LogP contribution in [0.15, 0.2) is 22.2 Å². The first-order valence-electron chi connectivity index (χ1n) is 8.66. The second-order valence-corrected chi connectivity index (χ2v) is 29.0. The van der Waals surface area contributed by atoms with Gasteiger partial charge in [-0.3, -0.25) is 0 Å². The maximum absolute atomic E-state index is 6.48. The predicted octanol–water partition coefficient (Wildman–Crippen LogP) is 4.77. The van der Waals surface area contributed by atoms with Gasteiger partial charge in [-0.25, -0.2) is 0 Å².